The van der Waals surface area contributed by atoms with E-state index in [1.807, 2.05) is 0 Å². The van der Waals surface area contributed by atoms with Gasteiger partial charge in [-0.15, -0.1) is 0 Å². The summed E-state index contributed by atoms with van der Waals surface area (Å²) in [5.74, 6) is 0. The fourth-order valence-electron chi connectivity index (χ4n) is 0.720. The second kappa shape index (κ2) is 3.80. The summed E-state index contributed by atoms with van der Waals surface area (Å²) in [4.78, 5) is 1.24. The zero-order valence-electron chi connectivity index (χ0n) is 6.05. The number of halogens is 2. The van der Waals surface area contributed by atoms with Gasteiger partial charge in [-0.25, -0.2) is 0 Å². The van der Waals surface area contributed by atoms with Crippen LogP contribution in [-0.2, 0) is 0 Å². The molecule has 1 aromatic rings. The summed E-state index contributed by atoms with van der Waals surface area (Å²) >= 11 is 4.60. The molecule has 0 saturated heterocycles. The molecule has 0 atom stereocenters. The van der Waals surface area contributed by atoms with Crippen LogP contribution < -0.4 is 5.14 Å². The molecule has 0 aliphatic heterocycles. The molecule has 0 unspecified atom stereocenters. The Bertz CT molecular complexity index is 240. The Kier molecular flexibility index (Phi) is 3.48. The molecule has 0 bridgehead atoms. The van der Waals surface area contributed by atoms with Gasteiger partial charge in [-0.3, -0.25) is 5.14 Å². The van der Waals surface area contributed by atoms with Gasteiger partial charge in [0, 0.05) is 47.3 Å². The Morgan fingerprint density at radius 1 is 1.18 bits per heavy atom. The quantitative estimate of drug-likeness (QED) is 0.724. The van der Waals surface area contributed by atoms with Crippen LogP contribution in [0.15, 0.2) is 29.2 Å². The van der Waals surface area contributed by atoms with Gasteiger partial charge in [0.1, 0.15) is 0 Å². The highest BCUT2D eigenvalue weighted by Gasteiger charge is 2.11. The number of nitrogens with two attached hydrogens (primary N) is 1. The molecular weight excluding hydrogens is 384 g/mol. The molecule has 1 rings (SSSR count). The zero-order valence-corrected chi connectivity index (χ0v) is 11.2. The predicted octanol–water partition coefficient (Wildman–Crippen LogP) is 3.73. The molecule has 0 spiro atoms. The molecule has 4 heteroatoms. The Balaban J connectivity index is 2.99. The smallest absolute Gasteiger partial charge is 0.0206 e. The van der Waals surface area contributed by atoms with Gasteiger partial charge < -0.3 is 0 Å². The second-order valence-electron chi connectivity index (χ2n) is 2.32. The first kappa shape index (κ1) is 10.1. The van der Waals surface area contributed by atoms with Gasteiger partial charge in [-0.05, 0) is 19.1 Å². The molecule has 11 heavy (non-hydrogen) atoms. The van der Waals surface area contributed by atoms with E-state index in [0.717, 1.165) is 0 Å². The molecule has 0 fully saturated rings. The van der Waals surface area contributed by atoms with Crippen molar-refractivity contribution in [1.29, 1.82) is 0 Å². The van der Waals surface area contributed by atoms with Crippen molar-refractivity contribution in [1.82, 2.24) is 0 Å². The lowest BCUT2D eigenvalue weighted by Crippen LogP contribution is -1.94. The maximum absolute atomic E-state index is 5.96. The number of aryl methyl sites for hydroxylation is 1. The first-order chi connectivity index (χ1) is 5.00. The summed E-state index contributed by atoms with van der Waals surface area (Å²) in [6.45, 7) is 2.08. The SMILES string of the molecule is Cc1ccc(S(N)(I)I)cc1. The number of benzene rings is 1. The van der Waals surface area contributed by atoms with E-state index < -0.39 is 4.56 Å². The minimum atomic E-state index is -1.08. The van der Waals surface area contributed by atoms with Crippen LogP contribution in [0.2, 0.25) is 0 Å². The van der Waals surface area contributed by atoms with Gasteiger partial charge in [0.05, 0.1) is 0 Å². The van der Waals surface area contributed by atoms with Gasteiger partial charge in [0.25, 0.3) is 0 Å². The van der Waals surface area contributed by atoms with E-state index in [1.54, 1.807) is 0 Å². The molecule has 1 aromatic carbocycles. The van der Waals surface area contributed by atoms with Crippen LogP contribution in [0.1, 0.15) is 5.56 Å². The third kappa shape index (κ3) is 3.08. The molecule has 1 nitrogen and oxygen atoms in total. The number of hydrogen-bond acceptors (Lipinski definition) is 1. The minimum Gasteiger partial charge on any atom is -0.275 e. The van der Waals surface area contributed by atoms with E-state index in [4.69, 9.17) is 5.14 Å². The summed E-state index contributed by atoms with van der Waals surface area (Å²) in [6, 6.07) is 8.40. The van der Waals surface area contributed by atoms with E-state index in [0.29, 0.717) is 0 Å². The van der Waals surface area contributed by atoms with Gasteiger partial charge in [0.2, 0.25) is 0 Å². The van der Waals surface area contributed by atoms with Gasteiger partial charge in [-0.2, -0.15) is 0 Å². The van der Waals surface area contributed by atoms with Crippen LogP contribution in [0, 0.1) is 6.92 Å². The van der Waals surface area contributed by atoms with Crippen LogP contribution >= 0.6 is 47.0 Å². The van der Waals surface area contributed by atoms with Crippen LogP contribution in [0.3, 0.4) is 0 Å². The van der Waals surface area contributed by atoms with Crippen molar-refractivity contribution in [3.63, 3.8) is 0 Å². The standard InChI is InChI=1S/C7H9I2NS/c1-6-2-4-7(5-3-6)11(8,9)10/h2-5H,10H2,1H3. The van der Waals surface area contributed by atoms with Gasteiger partial charge in [-0.1, -0.05) is 22.3 Å². The van der Waals surface area contributed by atoms with E-state index >= 15 is 0 Å². The molecule has 0 aliphatic carbocycles. The van der Waals surface area contributed by atoms with Crippen LogP contribution in [-0.4, -0.2) is 0 Å². The largest absolute Gasteiger partial charge is 0.275 e. The first-order valence-electron chi connectivity index (χ1n) is 3.07. The molecule has 62 valence electrons. The van der Waals surface area contributed by atoms with Gasteiger partial charge in [0.15, 0.2) is 0 Å². The molecule has 0 saturated carbocycles. The summed E-state index contributed by atoms with van der Waals surface area (Å²) < 4.78 is -1.08. The first-order valence-corrected chi connectivity index (χ1v) is 9.85. The summed E-state index contributed by atoms with van der Waals surface area (Å²) in [7, 11) is 0. The minimum absolute atomic E-state index is 1.08. The van der Waals surface area contributed by atoms with E-state index in [-0.39, 0.29) is 0 Å². The van der Waals surface area contributed by atoms with Crippen molar-refractivity contribution in [3.05, 3.63) is 29.8 Å². The van der Waals surface area contributed by atoms with Crippen LogP contribution in [0.4, 0.5) is 0 Å². The lowest BCUT2D eigenvalue weighted by molar-refractivity contribution is 1.38. The van der Waals surface area contributed by atoms with Crippen molar-refractivity contribution < 1.29 is 0 Å². The highest BCUT2D eigenvalue weighted by atomic mass is 127. The van der Waals surface area contributed by atoms with Crippen LogP contribution in [0.25, 0.3) is 0 Å². The van der Waals surface area contributed by atoms with Crippen molar-refractivity contribution >= 4 is 47.0 Å². The average molecular weight is 393 g/mol. The average Bonchev–Trinajstić information content (AvgIpc) is 1.86. The van der Waals surface area contributed by atoms with Crippen molar-refractivity contribution in [2.45, 2.75) is 11.8 Å². The topological polar surface area (TPSA) is 26.0 Å². The van der Waals surface area contributed by atoms with E-state index in [2.05, 4.69) is 73.6 Å². The molecule has 0 radical (unpaired) electrons. The summed E-state index contributed by atoms with van der Waals surface area (Å²) in [5, 5.41) is 5.96. The van der Waals surface area contributed by atoms with E-state index in [1.165, 1.54) is 10.5 Å². The lowest BCUT2D eigenvalue weighted by atomic mass is 10.2. The molecule has 0 amide bonds. The zero-order chi connectivity index (χ0) is 8.48. The maximum atomic E-state index is 5.96. The Morgan fingerprint density at radius 2 is 1.64 bits per heavy atom. The van der Waals surface area contributed by atoms with Crippen molar-refractivity contribution in [2.75, 3.05) is 0 Å². The lowest BCUT2D eigenvalue weighted by Gasteiger charge is -2.19. The van der Waals surface area contributed by atoms with Crippen molar-refractivity contribution in [2.24, 2.45) is 5.14 Å². The van der Waals surface area contributed by atoms with Crippen LogP contribution in [0.5, 0.6) is 0 Å². The van der Waals surface area contributed by atoms with Gasteiger partial charge >= 0.3 is 0 Å². The Morgan fingerprint density at radius 3 is 2.00 bits per heavy atom. The third-order valence-corrected chi connectivity index (χ3v) is 5.29. The Hall–Kier alpha value is 0.990. The number of hydrogen-bond donors (Lipinski definition) is 1. The fourth-order valence-corrected chi connectivity index (χ4v) is 2.98. The monoisotopic (exact) mass is 393 g/mol. The molecule has 0 aromatic heterocycles. The Labute approximate surface area is 92.7 Å². The highest BCUT2D eigenvalue weighted by Crippen LogP contribution is 2.63. The second-order valence-corrected chi connectivity index (χ2v) is 17.2. The van der Waals surface area contributed by atoms with E-state index in [9.17, 15) is 0 Å². The molecule has 0 aliphatic rings. The molecule has 2 N–H and O–H groups in total. The van der Waals surface area contributed by atoms with Crippen molar-refractivity contribution in [3.8, 4) is 0 Å². The summed E-state index contributed by atoms with van der Waals surface area (Å²) in [5.41, 5.74) is 1.28. The molecule has 0 heterocycles. The predicted molar refractivity (Wildman–Crippen MR) is 69.3 cm³/mol. The normalized spacial score (nSPS) is 13.1. The highest BCUT2D eigenvalue weighted by molar-refractivity contribution is 14.3. The number of rotatable bonds is 1. The maximum Gasteiger partial charge on any atom is 0.0206 e. The summed E-state index contributed by atoms with van der Waals surface area (Å²) in [6.07, 6.45) is 0. The molecular formula is C7H9I2NS. The third-order valence-electron chi connectivity index (χ3n) is 1.34. The fraction of sp³-hybridized carbons (Fsp3) is 0.143.